The van der Waals surface area contributed by atoms with Crippen molar-refractivity contribution in [1.29, 1.82) is 0 Å². The van der Waals surface area contributed by atoms with E-state index >= 15 is 0 Å². The molecule has 0 radical (unpaired) electrons. The van der Waals surface area contributed by atoms with Crippen molar-refractivity contribution in [3.8, 4) is 0 Å². The number of nitrogens with one attached hydrogen (secondary N) is 1. The van der Waals surface area contributed by atoms with Crippen LogP contribution in [0.15, 0.2) is 30.3 Å². The number of anilines is 1. The first-order valence-corrected chi connectivity index (χ1v) is 7.44. The molecule has 110 valence electrons. The highest BCUT2D eigenvalue weighted by Crippen LogP contribution is 2.38. The van der Waals surface area contributed by atoms with Gasteiger partial charge in [-0.25, -0.2) is 0 Å². The minimum Gasteiger partial charge on any atom is -0.326 e. The fourth-order valence-corrected chi connectivity index (χ4v) is 2.68. The Kier molecular flexibility index (Phi) is 3.53. The Bertz CT molecular complexity index is 674. The fourth-order valence-electron chi connectivity index (χ4n) is 2.68. The number of hydrogen-bond donors (Lipinski definition) is 1. The summed E-state index contributed by atoms with van der Waals surface area (Å²) in [5.41, 5.74) is 4.19. The zero-order chi connectivity index (χ0) is 15.0. The average Bonchev–Trinajstić information content (AvgIpc) is 3.07. The largest absolute Gasteiger partial charge is 0.326 e. The molecule has 4 heteroatoms. The summed E-state index contributed by atoms with van der Waals surface area (Å²) in [5, 5.41) is 7.49. The molecule has 2 atom stereocenters. The summed E-state index contributed by atoms with van der Waals surface area (Å²) in [7, 11) is 0. The Morgan fingerprint density at radius 1 is 1.38 bits per heavy atom. The molecule has 2 aromatic rings. The second-order valence-corrected chi connectivity index (χ2v) is 6.09. The van der Waals surface area contributed by atoms with Crippen molar-refractivity contribution in [2.24, 2.45) is 11.8 Å². The van der Waals surface area contributed by atoms with Gasteiger partial charge in [-0.05, 0) is 49.9 Å². The molecule has 0 saturated heterocycles. The van der Waals surface area contributed by atoms with Gasteiger partial charge in [0.25, 0.3) is 0 Å². The summed E-state index contributed by atoms with van der Waals surface area (Å²) in [6, 6.07) is 10.1. The zero-order valence-corrected chi connectivity index (χ0v) is 12.8. The van der Waals surface area contributed by atoms with Crippen molar-refractivity contribution < 1.29 is 4.79 Å². The van der Waals surface area contributed by atoms with Gasteiger partial charge in [0, 0.05) is 17.3 Å². The molecule has 3 rings (SSSR count). The highest BCUT2D eigenvalue weighted by atomic mass is 16.2. The smallest absolute Gasteiger partial charge is 0.227 e. The third kappa shape index (κ3) is 3.15. The topological polar surface area (TPSA) is 46.9 Å². The molecule has 1 fully saturated rings. The summed E-state index contributed by atoms with van der Waals surface area (Å²) in [5.74, 6) is 0.873. The van der Waals surface area contributed by atoms with Crippen LogP contribution in [0.3, 0.4) is 0 Å². The molecule has 1 amide bonds. The normalized spacial score (nSPS) is 20.3. The highest BCUT2D eigenvalue weighted by molar-refractivity contribution is 5.94. The first-order chi connectivity index (χ1) is 10.0. The Labute approximate surface area is 125 Å². The van der Waals surface area contributed by atoms with E-state index in [1.807, 2.05) is 29.8 Å². The number of nitrogens with zero attached hydrogens (tertiary/aromatic N) is 2. The molecule has 0 unspecified atom stereocenters. The lowest BCUT2D eigenvalue weighted by atomic mass is 10.2. The van der Waals surface area contributed by atoms with Crippen LogP contribution < -0.4 is 5.32 Å². The Morgan fingerprint density at radius 2 is 2.14 bits per heavy atom. The summed E-state index contributed by atoms with van der Waals surface area (Å²) in [6.07, 6.45) is 1.01. The van der Waals surface area contributed by atoms with Crippen LogP contribution in [0.25, 0.3) is 0 Å². The molecule has 1 heterocycles. The third-order valence-corrected chi connectivity index (χ3v) is 4.08. The molecule has 1 saturated carbocycles. The number of hydrogen-bond acceptors (Lipinski definition) is 2. The third-order valence-electron chi connectivity index (χ3n) is 4.08. The first-order valence-electron chi connectivity index (χ1n) is 7.44. The molecule has 0 bridgehead atoms. The molecule has 0 aliphatic heterocycles. The van der Waals surface area contributed by atoms with E-state index in [0.29, 0.717) is 5.92 Å². The van der Waals surface area contributed by atoms with Crippen LogP contribution >= 0.6 is 0 Å². The van der Waals surface area contributed by atoms with E-state index in [0.717, 1.165) is 35.6 Å². The van der Waals surface area contributed by atoms with Crippen LogP contribution in [0.2, 0.25) is 0 Å². The standard InChI is InChI=1S/C17H21N3O/c1-11-7-16(11)17(21)18-15-6-4-5-14(9-15)10-20-13(3)8-12(2)19-20/h4-6,8-9,11,16H,7,10H2,1-3H3,(H,18,21)/t11-,16-/m1/s1. The Hall–Kier alpha value is -2.10. The molecule has 1 aliphatic rings. The van der Waals surface area contributed by atoms with Gasteiger partial charge in [0.05, 0.1) is 12.2 Å². The molecule has 0 spiro atoms. The van der Waals surface area contributed by atoms with Crippen molar-refractivity contribution in [3.05, 3.63) is 47.3 Å². The molecule has 1 aromatic heterocycles. The second-order valence-electron chi connectivity index (χ2n) is 6.09. The molecular weight excluding hydrogens is 262 g/mol. The maximum Gasteiger partial charge on any atom is 0.227 e. The van der Waals surface area contributed by atoms with Crippen molar-refractivity contribution >= 4 is 11.6 Å². The molecule has 1 aromatic carbocycles. The van der Waals surface area contributed by atoms with Gasteiger partial charge in [-0.1, -0.05) is 19.1 Å². The fraction of sp³-hybridized carbons (Fsp3) is 0.412. The summed E-state index contributed by atoms with van der Waals surface area (Å²) >= 11 is 0. The monoisotopic (exact) mass is 283 g/mol. The van der Waals surface area contributed by atoms with Gasteiger partial charge in [-0.15, -0.1) is 0 Å². The molecular formula is C17H21N3O. The van der Waals surface area contributed by atoms with Gasteiger partial charge in [0.1, 0.15) is 0 Å². The number of aromatic nitrogens is 2. The number of carbonyl (C=O) groups excluding carboxylic acids is 1. The van der Waals surface area contributed by atoms with Gasteiger partial charge in [-0.3, -0.25) is 9.48 Å². The van der Waals surface area contributed by atoms with E-state index in [9.17, 15) is 4.79 Å². The lowest BCUT2D eigenvalue weighted by Crippen LogP contribution is -2.14. The van der Waals surface area contributed by atoms with E-state index < -0.39 is 0 Å². The van der Waals surface area contributed by atoms with Gasteiger partial charge in [0.15, 0.2) is 0 Å². The maximum absolute atomic E-state index is 12.0. The molecule has 21 heavy (non-hydrogen) atoms. The van der Waals surface area contributed by atoms with Crippen LogP contribution in [0.4, 0.5) is 5.69 Å². The van der Waals surface area contributed by atoms with Crippen molar-refractivity contribution in [2.45, 2.75) is 33.7 Å². The summed E-state index contributed by atoms with van der Waals surface area (Å²) in [6.45, 7) is 6.89. The van der Waals surface area contributed by atoms with Crippen molar-refractivity contribution in [1.82, 2.24) is 9.78 Å². The lowest BCUT2D eigenvalue weighted by molar-refractivity contribution is -0.117. The molecule has 1 aliphatic carbocycles. The zero-order valence-electron chi connectivity index (χ0n) is 12.8. The molecule has 4 nitrogen and oxygen atoms in total. The van der Waals surface area contributed by atoms with Crippen LogP contribution in [-0.4, -0.2) is 15.7 Å². The second kappa shape index (κ2) is 5.35. The van der Waals surface area contributed by atoms with Gasteiger partial charge in [-0.2, -0.15) is 5.10 Å². The molecule has 1 N–H and O–H groups in total. The van der Waals surface area contributed by atoms with Crippen LogP contribution in [0.5, 0.6) is 0 Å². The minimum absolute atomic E-state index is 0.144. The Balaban J connectivity index is 1.71. The SMILES string of the molecule is Cc1cc(C)n(Cc2cccc(NC(=O)[C@@H]3C[C@H]3C)c2)n1. The quantitative estimate of drug-likeness (QED) is 0.937. The first kappa shape index (κ1) is 13.9. The highest BCUT2D eigenvalue weighted by Gasteiger charge is 2.39. The predicted molar refractivity (Wildman–Crippen MR) is 83.1 cm³/mol. The minimum atomic E-state index is 0.144. The number of carbonyl (C=O) groups is 1. The number of amides is 1. The van der Waals surface area contributed by atoms with Crippen molar-refractivity contribution in [3.63, 3.8) is 0 Å². The summed E-state index contributed by atoms with van der Waals surface area (Å²) in [4.78, 5) is 12.0. The van der Waals surface area contributed by atoms with E-state index in [1.165, 1.54) is 0 Å². The maximum atomic E-state index is 12.0. The number of rotatable bonds is 4. The number of aryl methyl sites for hydroxylation is 2. The van der Waals surface area contributed by atoms with Gasteiger partial charge >= 0.3 is 0 Å². The Morgan fingerprint density at radius 3 is 2.76 bits per heavy atom. The van der Waals surface area contributed by atoms with Crippen LogP contribution in [0.1, 0.15) is 30.3 Å². The van der Waals surface area contributed by atoms with Crippen LogP contribution in [0, 0.1) is 25.7 Å². The van der Waals surface area contributed by atoms with Crippen LogP contribution in [-0.2, 0) is 11.3 Å². The van der Waals surface area contributed by atoms with E-state index in [-0.39, 0.29) is 11.8 Å². The lowest BCUT2D eigenvalue weighted by Gasteiger charge is -2.08. The van der Waals surface area contributed by atoms with E-state index in [2.05, 4.69) is 36.4 Å². The number of benzene rings is 1. The average molecular weight is 283 g/mol. The van der Waals surface area contributed by atoms with Gasteiger partial charge in [0.2, 0.25) is 5.91 Å². The van der Waals surface area contributed by atoms with E-state index in [4.69, 9.17) is 0 Å². The summed E-state index contributed by atoms with van der Waals surface area (Å²) < 4.78 is 1.99. The van der Waals surface area contributed by atoms with Crippen molar-refractivity contribution in [2.75, 3.05) is 5.32 Å². The predicted octanol–water partition coefficient (Wildman–Crippen LogP) is 3.14. The van der Waals surface area contributed by atoms with E-state index in [1.54, 1.807) is 0 Å². The van der Waals surface area contributed by atoms with Gasteiger partial charge < -0.3 is 5.32 Å².